The number of aliphatic carboxylic acids is 1. The van der Waals surface area contributed by atoms with Crippen LogP contribution in [0.15, 0.2) is 0 Å². The molecule has 1 unspecified atom stereocenters. The van der Waals surface area contributed by atoms with Gasteiger partial charge in [0, 0.05) is 26.2 Å². The number of amides is 2. The van der Waals surface area contributed by atoms with Gasteiger partial charge in [-0.25, -0.2) is 4.79 Å². The molecule has 0 radical (unpaired) electrons. The molecule has 1 fully saturated rings. The van der Waals surface area contributed by atoms with Gasteiger partial charge in [0.05, 0.1) is 6.42 Å². The van der Waals surface area contributed by atoms with E-state index < -0.39 is 5.97 Å². The van der Waals surface area contributed by atoms with Crippen molar-refractivity contribution >= 4 is 12.0 Å². The summed E-state index contributed by atoms with van der Waals surface area (Å²) in [5.74, 6) is -0.297. The van der Waals surface area contributed by atoms with E-state index in [1.54, 1.807) is 7.05 Å². The van der Waals surface area contributed by atoms with Crippen LogP contribution in [0.5, 0.6) is 0 Å². The predicted octanol–water partition coefficient (Wildman–Crippen LogP) is 2.00. The van der Waals surface area contributed by atoms with Crippen LogP contribution in [0.1, 0.15) is 46.0 Å². The molecule has 1 aliphatic heterocycles. The maximum absolute atomic E-state index is 12.1. The van der Waals surface area contributed by atoms with Crippen LogP contribution in [-0.2, 0) is 4.79 Å². The number of carboxylic acid groups (broad SMARTS) is 1. The van der Waals surface area contributed by atoms with Gasteiger partial charge in [-0.15, -0.1) is 0 Å². The van der Waals surface area contributed by atoms with Crippen molar-refractivity contribution in [2.75, 3.05) is 33.2 Å². The largest absolute Gasteiger partial charge is 0.481 e. The Morgan fingerprint density at radius 2 is 1.82 bits per heavy atom. The van der Waals surface area contributed by atoms with E-state index in [0.29, 0.717) is 18.5 Å². The topological polar surface area (TPSA) is 72.9 Å². The summed E-state index contributed by atoms with van der Waals surface area (Å²) in [6.07, 6.45) is 4.68. The van der Waals surface area contributed by atoms with Gasteiger partial charge in [-0.05, 0) is 31.8 Å². The Morgan fingerprint density at radius 1 is 1.23 bits per heavy atom. The second-order valence-corrected chi connectivity index (χ2v) is 6.14. The molecule has 0 bridgehead atoms. The van der Waals surface area contributed by atoms with Crippen LogP contribution in [0.25, 0.3) is 0 Å². The lowest BCUT2D eigenvalue weighted by molar-refractivity contribution is -0.137. The van der Waals surface area contributed by atoms with Crippen molar-refractivity contribution in [1.29, 1.82) is 0 Å². The molecule has 0 aromatic rings. The molecule has 1 atom stereocenters. The van der Waals surface area contributed by atoms with Crippen LogP contribution in [0, 0.1) is 5.92 Å². The Balaban J connectivity index is 2.51. The molecule has 0 aromatic heterocycles. The summed E-state index contributed by atoms with van der Waals surface area (Å²) in [6, 6.07) is 0.200. The lowest BCUT2D eigenvalue weighted by Crippen LogP contribution is -2.49. The van der Waals surface area contributed by atoms with Gasteiger partial charge < -0.3 is 15.3 Å². The fraction of sp³-hybridized carbons (Fsp3) is 0.875. The lowest BCUT2D eigenvalue weighted by atomic mass is 9.93. The standard InChI is InChI=1S/C16H31N3O3/c1-4-13(5-2)14(19-9-6-7-10-19)12-17-16(22)18(3)11-8-15(20)21/h13-14H,4-12H2,1-3H3,(H,17,22)(H,20,21). The Hall–Kier alpha value is -1.30. The first-order chi connectivity index (χ1) is 10.5. The van der Waals surface area contributed by atoms with Gasteiger partial charge in [-0.2, -0.15) is 0 Å². The van der Waals surface area contributed by atoms with Gasteiger partial charge in [0.1, 0.15) is 0 Å². The van der Waals surface area contributed by atoms with Crippen molar-refractivity contribution in [2.24, 2.45) is 5.92 Å². The number of hydrogen-bond donors (Lipinski definition) is 2. The minimum atomic E-state index is -0.883. The molecule has 0 aliphatic carbocycles. The van der Waals surface area contributed by atoms with Gasteiger partial charge in [0.2, 0.25) is 0 Å². The van der Waals surface area contributed by atoms with E-state index in [1.165, 1.54) is 17.7 Å². The third-order valence-corrected chi connectivity index (χ3v) is 4.67. The molecule has 0 saturated carbocycles. The van der Waals surface area contributed by atoms with E-state index in [-0.39, 0.29) is 19.0 Å². The third kappa shape index (κ3) is 5.83. The average molecular weight is 313 g/mol. The highest BCUT2D eigenvalue weighted by atomic mass is 16.4. The molecular formula is C16H31N3O3. The number of nitrogens with zero attached hydrogens (tertiary/aromatic N) is 2. The van der Waals surface area contributed by atoms with Crippen molar-refractivity contribution in [1.82, 2.24) is 15.1 Å². The first-order valence-corrected chi connectivity index (χ1v) is 8.44. The zero-order valence-electron chi connectivity index (χ0n) is 14.2. The van der Waals surface area contributed by atoms with Crippen LogP contribution in [0.3, 0.4) is 0 Å². The fourth-order valence-electron chi connectivity index (χ4n) is 3.19. The molecular weight excluding hydrogens is 282 g/mol. The second-order valence-electron chi connectivity index (χ2n) is 6.14. The number of carbonyl (C=O) groups excluding carboxylic acids is 1. The molecule has 128 valence electrons. The number of hydrogen-bond acceptors (Lipinski definition) is 3. The Morgan fingerprint density at radius 3 is 2.32 bits per heavy atom. The predicted molar refractivity (Wildman–Crippen MR) is 86.9 cm³/mol. The van der Waals surface area contributed by atoms with E-state index in [0.717, 1.165) is 25.9 Å². The molecule has 6 nitrogen and oxygen atoms in total. The van der Waals surface area contributed by atoms with Crippen LogP contribution < -0.4 is 5.32 Å². The van der Waals surface area contributed by atoms with E-state index >= 15 is 0 Å². The van der Waals surface area contributed by atoms with Crippen molar-refractivity contribution in [3.05, 3.63) is 0 Å². The van der Waals surface area contributed by atoms with Gasteiger partial charge in [-0.3, -0.25) is 9.69 Å². The summed E-state index contributed by atoms with van der Waals surface area (Å²) in [5.41, 5.74) is 0. The highest BCUT2D eigenvalue weighted by molar-refractivity contribution is 5.75. The quantitative estimate of drug-likeness (QED) is 0.683. The van der Waals surface area contributed by atoms with Crippen molar-refractivity contribution < 1.29 is 14.7 Å². The van der Waals surface area contributed by atoms with E-state index in [4.69, 9.17) is 5.11 Å². The molecule has 0 aromatic carbocycles. The van der Waals surface area contributed by atoms with Crippen LogP contribution in [-0.4, -0.2) is 66.2 Å². The van der Waals surface area contributed by atoms with Gasteiger partial charge >= 0.3 is 12.0 Å². The Labute approximate surface area is 133 Å². The summed E-state index contributed by atoms with van der Waals surface area (Å²) in [4.78, 5) is 26.6. The minimum absolute atomic E-state index is 0.0218. The van der Waals surface area contributed by atoms with Crippen molar-refractivity contribution in [3.8, 4) is 0 Å². The lowest BCUT2D eigenvalue weighted by Gasteiger charge is -2.34. The number of urea groups is 1. The normalized spacial score (nSPS) is 16.7. The fourth-order valence-corrected chi connectivity index (χ4v) is 3.19. The third-order valence-electron chi connectivity index (χ3n) is 4.67. The van der Waals surface area contributed by atoms with Gasteiger partial charge in [-0.1, -0.05) is 26.7 Å². The van der Waals surface area contributed by atoms with Crippen molar-refractivity contribution in [3.63, 3.8) is 0 Å². The van der Waals surface area contributed by atoms with Crippen LogP contribution in [0.4, 0.5) is 4.79 Å². The first kappa shape index (κ1) is 18.7. The molecule has 1 heterocycles. The summed E-state index contributed by atoms with van der Waals surface area (Å²) >= 11 is 0. The molecule has 1 saturated heterocycles. The zero-order chi connectivity index (χ0) is 16.5. The van der Waals surface area contributed by atoms with Gasteiger partial charge in [0.25, 0.3) is 0 Å². The summed E-state index contributed by atoms with van der Waals surface area (Å²) in [7, 11) is 1.64. The second kappa shape index (κ2) is 9.66. The molecule has 2 N–H and O–H groups in total. The molecule has 1 rings (SSSR count). The highest BCUT2D eigenvalue weighted by Crippen LogP contribution is 2.22. The SMILES string of the molecule is CCC(CC)C(CNC(=O)N(C)CCC(=O)O)N1CCCC1. The van der Waals surface area contributed by atoms with Crippen molar-refractivity contribution in [2.45, 2.75) is 52.0 Å². The smallest absolute Gasteiger partial charge is 0.317 e. The molecule has 2 amide bonds. The van der Waals surface area contributed by atoms with E-state index in [1.807, 2.05) is 0 Å². The number of carboxylic acids is 1. The number of rotatable bonds is 9. The molecule has 6 heteroatoms. The monoisotopic (exact) mass is 313 g/mol. The maximum Gasteiger partial charge on any atom is 0.317 e. The molecule has 22 heavy (non-hydrogen) atoms. The summed E-state index contributed by atoms with van der Waals surface area (Å²) in [5, 5.41) is 11.7. The summed E-state index contributed by atoms with van der Waals surface area (Å²) in [6.45, 7) is 7.52. The zero-order valence-corrected chi connectivity index (χ0v) is 14.2. The number of nitrogens with one attached hydrogen (secondary N) is 1. The summed E-state index contributed by atoms with van der Waals surface area (Å²) < 4.78 is 0. The average Bonchev–Trinajstić information content (AvgIpc) is 3.02. The van der Waals surface area contributed by atoms with Crippen LogP contribution in [0.2, 0.25) is 0 Å². The highest BCUT2D eigenvalue weighted by Gasteiger charge is 2.28. The van der Waals surface area contributed by atoms with E-state index in [2.05, 4.69) is 24.1 Å². The molecule has 0 spiro atoms. The maximum atomic E-state index is 12.1. The number of carbonyl (C=O) groups is 2. The first-order valence-electron chi connectivity index (χ1n) is 8.44. The Kier molecular flexibility index (Phi) is 8.24. The van der Waals surface area contributed by atoms with Crippen LogP contribution >= 0.6 is 0 Å². The van der Waals surface area contributed by atoms with E-state index in [9.17, 15) is 9.59 Å². The Bertz CT molecular complexity index is 351. The minimum Gasteiger partial charge on any atom is -0.481 e. The van der Waals surface area contributed by atoms with Gasteiger partial charge in [0.15, 0.2) is 0 Å². The molecule has 1 aliphatic rings. The number of likely N-dealkylation sites (tertiary alicyclic amines) is 1.